The van der Waals surface area contributed by atoms with Crippen LogP contribution in [-0.2, 0) is 9.59 Å². The second-order valence-corrected chi connectivity index (χ2v) is 7.59. The SMILES string of the molecule is Cc1cccc(N2NC(=O)/C(=C/c3ccc(-c4ccc(Br)cc4C(=O)O)o3)C2=O)c1. The zero-order valence-corrected chi connectivity index (χ0v) is 17.3. The van der Waals surface area contributed by atoms with Crippen LogP contribution in [0.25, 0.3) is 17.4 Å². The Morgan fingerprint density at radius 2 is 1.93 bits per heavy atom. The number of carbonyl (C=O) groups is 3. The van der Waals surface area contributed by atoms with Gasteiger partial charge in [0.05, 0.1) is 11.3 Å². The molecule has 1 saturated heterocycles. The van der Waals surface area contributed by atoms with Gasteiger partial charge in [-0.3, -0.25) is 15.0 Å². The predicted molar refractivity (Wildman–Crippen MR) is 114 cm³/mol. The Labute approximate surface area is 179 Å². The fourth-order valence-electron chi connectivity index (χ4n) is 3.13. The van der Waals surface area contributed by atoms with E-state index in [0.29, 0.717) is 21.5 Å². The van der Waals surface area contributed by atoms with Crippen LogP contribution in [0, 0.1) is 6.92 Å². The summed E-state index contributed by atoms with van der Waals surface area (Å²) >= 11 is 3.25. The smallest absolute Gasteiger partial charge is 0.336 e. The fourth-order valence-corrected chi connectivity index (χ4v) is 3.49. The van der Waals surface area contributed by atoms with Crippen LogP contribution in [0.1, 0.15) is 21.7 Å². The molecule has 0 spiro atoms. The Balaban J connectivity index is 1.66. The number of hydrogen-bond acceptors (Lipinski definition) is 4. The Morgan fingerprint density at radius 1 is 1.13 bits per heavy atom. The van der Waals surface area contributed by atoms with Crippen molar-refractivity contribution in [1.29, 1.82) is 0 Å². The number of nitrogens with one attached hydrogen (secondary N) is 1. The third-order valence-corrected chi connectivity index (χ3v) is 5.04. The molecule has 4 rings (SSSR count). The molecule has 1 aliphatic heterocycles. The number of amides is 2. The van der Waals surface area contributed by atoms with Gasteiger partial charge in [-0.05, 0) is 61.0 Å². The van der Waals surface area contributed by atoms with E-state index in [4.69, 9.17) is 4.42 Å². The van der Waals surface area contributed by atoms with E-state index >= 15 is 0 Å². The van der Waals surface area contributed by atoms with Gasteiger partial charge in [-0.25, -0.2) is 9.80 Å². The predicted octanol–water partition coefficient (Wildman–Crippen LogP) is 4.18. The van der Waals surface area contributed by atoms with Gasteiger partial charge in [-0.15, -0.1) is 0 Å². The zero-order chi connectivity index (χ0) is 21.4. The molecule has 2 N–H and O–H groups in total. The van der Waals surface area contributed by atoms with Gasteiger partial charge < -0.3 is 9.52 Å². The second kappa shape index (κ2) is 7.64. The van der Waals surface area contributed by atoms with Crippen LogP contribution in [0.2, 0.25) is 0 Å². The van der Waals surface area contributed by atoms with Crippen LogP contribution in [0.15, 0.2) is 69.1 Å². The molecule has 2 heterocycles. The molecular weight excluding hydrogens is 452 g/mol. The average Bonchev–Trinajstić information content (AvgIpc) is 3.28. The van der Waals surface area contributed by atoms with E-state index < -0.39 is 17.8 Å². The van der Waals surface area contributed by atoms with Crippen molar-refractivity contribution in [1.82, 2.24) is 5.43 Å². The monoisotopic (exact) mass is 466 g/mol. The molecule has 0 aliphatic carbocycles. The lowest BCUT2D eigenvalue weighted by molar-refractivity contribution is -0.117. The summed E-state index contributed by atoms with van der Waals surface area (Å²) < 4.78 is 6.34. The van der Waals surface area contributed by atoms with Crippen LogP contribution in [0.5, 0.6) is 0 Å². The number of benzene rings is 2. The number of aromatic carboxylic acids is 1. The van der Waals surface area contributed by atoms with Gasteiger partial charge in [0, 0.05) is 10.0 Å². The van der Waals surface area contributed by atoms with Crippen molar-refractivity contribution in [3.05, 3.63) is 81.5 Å². The van der Waals surface area contributed by atoms with Gasteiger partial charge in [0.2, 0.25) is 0 Å². The minimum Gasteiger partial charge on any atom is -0.478 e. The minimum absolute atomic E-state index is 0.0678. The summed E-state index contributed by atoms with van der Waals surface area (Å²) in [5.74, 6) is -1.57. The van der Waals surface area contributed by atoms with Gasteiger partial charge in [-0.1, -0.05) is 28.1 Å². The zero-order valence-electron chi connectivity index (χ0n) is 15.7. The normalized spacial score (nSPS) is 15.0. The standard InChI is InChI=1S/C22H15BrN2O5/c1-12-3-2-4-14(9-12)25-21(27)18(20(26)24-25)11-15-6-8-19(30-15)16-7-5-13(23)10-17(16)22(28)29/h2-11H,1H3,(H,24,26)(H,28,29)/b18-11-. The highest BCUT2D eigenvalue weighted by Gasteiger charge is 2.34. The van der Waals surface area contributed by atoms with Crippen LogP contribution in [0.4, 0.5) is 5.69 Å². The maximum absolute atomic E-state index is 12.7. The molecule has 0 atom stereocenters. The van der Waals surface area contributed by atoms with Crippen molar-refractivity contribution in [2.45, 2.75) is 6.92 Å². The summed E-state index contributed by atoms with van der Waals surface area (Å²) in [5.41, 5.74) is 4.42. The second-order valence-electron chi connectivity index (χ2n) is 6.68. The lowest BCUT2D eigenvalue weighted by Gasteiger charge is -2.14. The summed E-state index contributed by atoms with van der Waals surface area (Å²) in [6.07, 6.45) is 1.34. The number of hydrogen-bond donors (Lipinski definition) is 2. The number of aryl methyl sites for hydroxylation is 1. The largest absolute Gasteiger partial charge is 0.478 e. The van der Waals surface area contributed by atoms with Gasteiger partial charge in [0.15, 0.2) is 0 Å². The number of anilines is 1. The third-order valence-electron chi connectivity index (χ3n) is 4.54. The fraction of sp³-hybridized carbons (Fsp3) is 0.0455. The highest BCUT2D eigenvalue weighted by molar-refractivity contribution is 9.10. The van der Waals surface area contributed by atoms with Crippen LogP contribution >= 0.6 is 15.9 Å². The lowest BCUT2D eigenvalue weighted by atomic mass is 10.1. The summed E-state index contributed by atoms with van der Waals surface area (Å²) in [4.78, 5) is 36.6. The topological polar surface area (TPSA) is 99.8 Å². The first-order valence-electron chi connectivity index (χ1n) is 8.90. The first-order valence-corrected chi connectivity index (χ1v) is 9.69. The Bertz CT molecular complexity index is 1230. The van der Waals surface area contributed by atoms with Crippen LogP contribution < -0.4 is 10.4 Å². The molecule has 8 heteroatoms. The van der Waals surface area contributed by atoms with Crippen molar-refractivity contribution in [3.8, 4) is 11.3 Å². The summed E-state index contributed by atoms with van der Waals surface area (Å²) in [6.45, 7) is 1.89. The van der Waals surface area contributed by atoms with E-state index in [1.54, 1.807) is 42.5 Å². The number of carbonyl (C=O) groups excluding carboxylic acids is 2. The Hall–Kier alpha value is -3.65. The number of carboxylic acid groups (broad SMARTS) is 1. The van der Waals surface area contributed by atoms with Crippen LogP contribution in [-0.4, -0.2) is 22.9 Å². The number of nitrogens with zero attached hydrogens (tertiary/aromatic N) is 1. The molecule has 150 valence electrons. The van der Waals surface area contributed by atoms with Crippen molar-refractivity contribution in [2.24, 2.45) is 0 Å². The molecule has 2 aromatic carbocycles. The third kappa shape index (κ3) is 3.65. The molecule has 0 unspecified atom stereocenters. The Morgan fingerprint density at radius 3 is 2.67 bits per heavy atom. The summed E-state index contributed by atoms with van der Waals surface area (Å²) in [7, 11) is 0. The van der Waals surface area contributed by atoms with E-state index in [1.165, 1.54) is 17.2 Å². The van der Waals surface area contributed by atoms with Gasteiger partial charge in [-0.2, -0.15) is 0 Å². The molecular formula is C22H15BrN2O5. The summed E-state index contributed by atoms with van der Waals surface area (Å²) in [5, 5.41) is 10.6. The Kier molecular flexibility index (Phi) is 5.01. The van der Waals surface area contributed by atoms with Crippen LogP contribution in [0.3, 0.4) is 0 Å². The van der Waals surface area contributed by atoms with Crippen molar-refractivity contribution >= 4 is 45.5 Å². The molecule has 7 nitrogen and oxygen atoms in total. The van der Waals surface area contributed by atoms with Gasteiger partial charge in [0.1, 0.15) is 17.1 Å². The molecule has 0 saturated carbocycles. The highest BCUT2D eigenvalue weighted by atomic mass is 79.9. The molecule has 1 aromatic heterocycles. The maximum atomic E-state index is 12.7. The van der Waals surface area contributed by atoms with Gasteiger partial charge >= 0.3 is 5.97 Å². The number of carboxylic acids is 1. The number of rotatable bonds is 4. The van der Waals surface area contributed by atoms with E-state index in [2.05, 4.69) is 21.4 Å². The van der Waals surface area contributed by atoms with E-state index in [0.717, 1.165) is 5.56 Å². The first kappa shape index (κ1) is 19.7. The lowest BCUT2D eigenvalue weighted by Crippen LogP contribution is -2.35. The molecule has 0 radical (unpaired) electrons. The van der Waals surface area contributed by atoms with E-state index in [-0.39, 0.29) is 16.9 Å². The number of hydrazine groups is 1. The molecule has 3 aromatic rings. The van der Waals surface area contributed by atoms with E-state index in [1.807, 2.05) is 13.0 Å². The van der Waals surface area contributed by atoms with Crippen molar-refractivity contribution in [2.75, 3.05) is 5.01 Å². The quantitative estimate of drug-likeness (QED) is 0.443. The number of furan rings is 1. The first-order chi connectivity index (χ1) is 14.3. The molecule has 0 bridgehead atoms. The van der Waals surface area contributed by atoms with Gasteiger partial charge in [0.25, 0.3) is 11.8 Å². The summed E-state index contributed by atoms with van der Waals surface area (Å²) in [6, 6.07) is 15.2. The molecule has 2 amide bonds. The highest BCUT2D eigenvalue weighted by Crippen LogP contribution is 2.30. The molecule has 1 fully saturated rings. The molecule has 30 heavy (non-hydrogen) atoms. The minimum atomic E-state index is -1.10. The van der Waals surface area contributed by atoms with Crippen molar-refractivity contribution in [3.63, 3.8) is 0 Å². The van der Waals surface area contributed by atoms with Crippen molar-refractivity contribution < 1.29 is 23.9 Å². The van der Waals surface area contributed by atoms with E-state index in [9.17, 15) is 19.5 Å². The average molecular weight is 467 g/mol. The molecule has 1 aliphatic rings. The maximum Gasteiger partial charge on any atom is 0.336 e. The number of halogens is 1.